The number of likely N-dealkylation sites (tertiary alicyclic amines) is 1. The minimum atomic E-state index is 0.757. The number of nitrogens with two attached hydrogens (primary N) is 1. The first-order chi connectivity index (χ1) is 7.78. The summed E-state index contributed by atoms with van der Waals surface area (Å²) in [6.07, 6.45) is 7.43. The first-order valence-corrected chi connectivity index (χ1v) is 7.22. The van der Waals surface area contributed by atoms with Gasteiger partial charge in [-0.15, -0.1) is 0 Å². The summed E-state index contributed by atoms with van der Waals surface area (Å²) in [6, 6.07) is 0.931. The Bertz CT molecular complexity index is 253. The van der Waals surface area contributed by atoms with Gasteiger partial charge in [-0.1, -0.05) is 13.3 Å². The van der Waals surface area contributed by atoms with Gasteiger partial charge in [-0.25, -0.2) is 0 Å². The molecule has 0 aromatic rings. The zero-order valence-corrected chi connectivity index (χ0v) is 10.6. The molecule has 5 unspecified atom stereocenters. The number of fused-ring (bicyclic) bond motifs is 2. The van der Waals surface area contributed by atoms with Gasteiger partial charge in [0.15, 0.2) is 0 Å². The molecule has 0 spiro atoms. The smallest absolute Gasteiger partial charge is 0.0126 e. The first kappa shape index (κ1) is 11.0. The molecule has 16 heavy (non-hydrogen) atoms. The lowest BCUT2D eigenvalue weighted by Gasteiger charge is -2.42. The van der Waals surface area contributed by atoms with Crippen LogP contribution in [0.3, 0.4) is 0 Å². The van der Waals surface area contributed by atoms with Crippen LogP contribution < -0.4 is 5.73 Å². The van der Waals surface area contributed by atoms with Crippen LogP contribution in [0.2, 0.25) is 0 Å². The quantitative estimate of drug-likeness (QED) is 0.775. The number of hydrogen-bond donors (Lipinski definition) is 1. The van der Waals surface area contributed by atoms with Crippen molar-refractivity contribution >= 4 is 0 Å². The fourth-order valence-corrected chi connectivity index (χ4v) is 4.44. The lowest BCUT2D eigenvalue weighted by atomic mass is 9.84. The molecule has 3 aliphatic rings. The van der Waals surface area contributed by atoms with Crippen LogP contribution in [0.5, 0.6) is 0 Å². The number of nitrogens with zero attached hydrogens (tertiary/aromatic N) is 1. The Morgan fingerprint density at radius 3 is 2.69 bits per heavy atom. The molecule has 3 fully saturated rings. The average Bonchev–Trinajstić information content (AvgIpc) is 2.91. The predicted molar refractivity (Wildman–Crippen MR) is 67.1 cm³/mol. The highest BCUT2D eigenvalue weighted by Gasteiger charge is 2.43. The lowest BCUT2D eigenvalue weighted by Crippen LogP contribution is -2.49. The topological polar surface area (TPSA) is 29.3 Å². The van der Waals surface area contributed by atoms with E-state index >= 15 is 0 Å². The van der Waals surface area contributed by atoms with Gasteiger partial charge in [0.2, 0.25) is 0 Å². The third-order valence-electron chi connectivity index (χ3n) is 5.62. The van der Waals surface area contributed by atoms with Crippen molar-refractivity contribution in [2.75, 3.05) is 19.6 Å². The molecule has 2 saturated carbocycles. The molecular formula is C14H26N2. The molecule has 0 radical (unpaired) electrons. The molecule has 92 valence electrons. The summed E-state index contributed by atoms with van der Waals surface area (Å²) >= 11 is 0. The third kappa shape index (κ3) is 1.80. The summed E-state index contributed by atoms with van der Waals surface area (Å²) in [5.74, 6) is 3.72. The second-order valence-corrected chi connectivity index (χ2v) is 6.50. The summed E-state index contributed by atoms with van der Waals surface area (Å²) in [5, 5.41) is 0. The maximum absolute atomic E-state index is 5.90. The van der Waals surface area contributed by atoms with Gasteiger partial charge in [0.25, 0.3) is 0 Å². The monoisotopic (exact) mass is 222 g/mol. The Labute approximate surface area is 99.6 Å². The van der Waals surface area contributed by atoms with Gasteiger partial charge >= 0.3 is 0 Å². The Morgan fingerprint density at radius 2 is 2.06 bits per heavy atom. The van der Waals surface area contributed by atoms with Crippen LogP contribution in [0.15, 0.2) is 0 Å². The number of hydrogen-bond acceptors (Lipinski definition) is 2. The van der Waals surface area contributed by atoms with E-state index in [1.54, 1.807) is 0 Å². The SMILES string of the molecule is CC1CCN(C2CC3CCC2C3)CC1CN. The van der Waals surface area contributed by atoms with E-state index < -0.39 is 0 Å². The van der Waals surface area contributed by atoms with Crippen molar-refractivity contribution in [2.24, 2.45) is 29.4 Å². The Morgan fingerprint density at radius 1 is 1.19 bits per heavy atom. The summed E-state index contributed by atoms with van der Waals surface area (Å²) in [5.41, 5.74) is 5.90. The van der Waals surface area contributed by atoms with Gasteiger partial charge in [0, 0.05) is 12.6 Å². The highest BCUT2D eigenvalue weighted by Crippen LogP contribution is 2.47. The van der Waals surface area contributed by atoms with E-state index in [0.29, 0.717) is 0 Å². The summed E-state index contributed by atoms with van der Waals surface area (Å²) < 4.78 is 0. The van der Waals surface area contributed by atoms with E-state index in [0.717, 1.165) is 36.3 Å². The van der Waals surface area contributed by atoms with Crippen molar-refractivity contribution in [3.63, 3.8) is 0 Å². The predicted octanol–water partition coefficient (Wildman–Crippen LogP) is 2.09. The van der Waals surface area contributed by atoms with Crippen LogP contribution >= 0.6 is 0 Å². The highest BCUT2D eigenvalue weighted by atomic mass is 15.2. The van der Waals surface area contributed by atoms with E-state index in [9.17, 15) is 0 Å². The zero-order chi connectivity index (χ0) is 11.1. The molecule has 1 heterocycles. The third-order valence-corrected chi connectivity index (χ3v) is 5.62. The van der Waals surface area contributed by atoms with E-state index in [2.05, 4.69) is 11.8 Å². The Balaban J connectivity index is 1.63. The second-order valence-electron chi connectivity index (χ2n) is 6.50. The number of piperidine rings is 1. The summed E-state index contributed by atoms with van der Waals surface area (Å²) in [6.45, 7) is 5.89. The summed E-state index contributed by atoms with van der Waals surface area (Å²) in [4.78, 5) is 2.79. The van der Waals surface area contributed by atoms with Crippen LogP contribution in [0, 0.1) is 23.7 Å². The summed E-state index contributed by atoms with van der Waals surface area (Å²) in [7, 11) is 0. The Kier molecular flexibility index (Phi) is 2.97. The molecule has 1 saturated heterocycles. The molecule has 2 N–H and O–H groups in total. The van der Waals surface area contributed by atoms with E-state index in [1.807, 2.05) is 0 Å². The normalized spacial score (nSPS) is 48.8. The molecule has 1 aliphatic heterocycles. The molecule has 0 aromatic heterocycles. The number of rotatable bonds is 2. The van der Waals surface area contributed by atoms with Gasteiger partial charge < -0.3 is 5.73 Å². The van der Waals surface area contributed by atoms with Gasteiger partial charge in [-0.3, -0.25) is 4.90 Å². The van der Waals surface area contributed by atoms with Crippen LogP contribution in [-0.4, -0.2) is 30.6 Å². The minimum Gasteiger partial charge on any atom is -0.330 e. The molecule has 2 bridgehead atoms. The second kappa shape index (κ2) is 4.30. The molecule has 2 nitrogen and oxygen atoms in total. The Hall–Kier alpha value is -0.0800. The molecular weight excluding hydrogens is 196 g/mol. The van der Waals surface area contributed by atoms with Crippen molar-refractivity contribution in [2.45, 2.75) is 45.1 Å². The minimum absolute atomic E-state index is 0.757. The molecule has 3 rings (SSSR count). The zero-order valence-electron chi connectivity index (χ0n) is 10.6. The highest BCUT2D eigenvalue weighted by molar-refractivity contribution is 4.97. The molecule has 0 amide bonds. The van der Waals surface area contributed by atoms with Crippen molar-refractivity contribution in [3.8, 4) is 0 Å². The van der Waals surface area contributed by atoms with Gasteiger partial charge in [0.05, 0.1) is 0 Å². The largest absolute Gasteiger partial charge is 0.330 e. The fourth-order valence-electron chi connectivity index (χ4n) is 4.44. The maximum atomic E-state index is 5.90. The maximum Gasteiger partial charge on any atom is 0.0126 e. The fraction of sp³-hybridized carbons (Fsp3) is 1.00. The lowest BCUT2D eigenvalue weighted by molar-refractivity contribution is 0.0648. The first-order valence-electron chi connectivity index (χ1n) is 7.22. The van der Waals surface area contributed by atoms with Crippen molar-refractivity contribution in [1.29, 1.82) is 0 Å². The van der Waals surface area contributed by atoms with Crippen molar-refractivity contribution in [3.05, 3.63) is 0 Å². The van der Waals surface area contributed by atoms with E-state index in [-0.39, 0.29) is 0 Å². The molecule has 0 aromatic carbocycles. The van der Waals surface area contributed by atoms with Crippen molar-refractivity contribution in [1.82, 2.24) is 4.90 Å². The van der Waals surface area contributed by atoms with E-state index in [1.165, 1.54) is 45.2 Å². The molecule has 2 heteroatoms. The standard InChI is InChI=1S/C14H26N2/c1-10-4-5-16(9-13(10)8-15)14-7-11-2-3-12(14)6-11/h10-14H,2-9,15H2,1H3. The van der Waals surface area contributed by atoms with Gasteiger partial charge in [-0.05, 0) is 62.4 Å². The van der Waals surface area contributed by atoms with Gasteiger partial charge in [0.1, 0.15) is 0 Å². The van der Waals surface area contributed by atoms with Gasteiger partial charge in [-0.2, -0.15) is 0 Å². The van der Waals surface area contributed by atoms with Crippen LogP contribution in [0.4, 0.5) is 0 Å². The van der Waals surface area contributed by atoms with Crippen LogP contribution in [0.1, 0.15) is 39.0 Å². The van der Waals surface area contributed by atoms with E-state index in [4.69, 9.17) is 5.73 Å². The van der Waals surface area contributed by atoms with Crippen molar-refractivity contribution < 1.29 is 0 Å². The van der Waals surface area contributed by atoms with Crippen LogP contribution in [-0.2, 0) is 0 Å². The average molecular weight is 222 g/mol. The molecule has 5 atom stereocenters. The molecule has 2 aliphatic carbocycles. The van der Waals surface area contributed by atoms with Crippen LogP contribution in [0.25, 0.3) is 0 Å².